The van der Waals surface area contributed by atoms with Gasteiger partial charge in [-0.1, -0.05) is 18.2 Å². The van der Waals surface area contributed by atoms with Gasteiger partial charge >= 0.3 is 13.2 Å². The monoisotopic (exact) mass is 383 g/mol. The normalized spacial score (nSPS) is 18.7. The van der Waals surface area contributed by atoms with Gasteiger partial charge in [-0.25, -0.2) is 13.6 Å². The van der Waals surface area contributed by atoms with Crippen molar-refractivity contribution in [3.8, 4) is 0 Å². The Hall–Kier alpha value is -1.67. The molecule has 1 N–H and O–H groups in total. The molecule has 0 unspecified atom stereocenters. The lowest BCUT2D eigenvalue weighted by Gasteiger charge is -2.32. The molecule has 1 saturated heterocycles. The van der Waals surface area contributed by atoms with Gasteiger partial charge in [0.15, 0.2) is 0 Å². The first kappa shape index (κ1) is 21.6. The Labute approximate surface area is 159 Å². The number of alkyl carbamates (subject to hydrolysis) is 1. The number of carbonyl (C=O) groups is 1. The van der Waals surface area contributed by atoms with Gasteiger partial charge in [0.1, 0.15) is 5.60 Å². The third-order valence-electron chi connectivity index (χ3n) is 4.75. The van der Waals surface area contributed by atoms with E-state index in [0.717, 1.165) is 0 Å². The quantitative estimate of drug-likeness (QED) is 0.800. The largest absolute Gasteiger partial charge is 0.494 e. The fourth-order valence-electron chi connectivity index (χ4n) is 2.58. The fourth-order valence-corrected chi connectivity index (χ4v) is 2.58. The first-order valence-corrected chi connectivity index (χ1v) is 8.95. The van der Waals surface area contributed by atoms with Crippen molar-refractivity contribution in [2.45, 2.75) is 78.2 Å². The third kappa shape index (κ3) is 5.20. The Morgan fingerprint density at radius 1 is 1.19 bits per heavy atom. The van der Waals surface area contributed by atoms with E-state index in [1.807, 2.05) is 27.7 Å². The van der Waals surface area contributed by atoms with Crippen LogP contribution in [0.15, 0.2) is 18.2 Å². The van der Waals surface area contributed by atoms with Crippen LogP contribution in [0.4, 0.5) is 13.6 Å². The maximum absolute atomic E-state index is 13.6. The standard InChI is InChI=1S/C19H28BF2NO4/c1-17(2,3)25-16(24)23-11-12-8-9-13(10-14(12)15(21)22)20-26-18(4,5)19(6,7)27-20/h8-10,15H,11H2,1-7H3,(H,23,24). The second kappa shape index (κ2) is 7.39. The topological polar surface area (TPSA) is 56.8 Å². The first-order chi connectivity index (χ1) is 12.2. The molecule has 0 saturated carbocycles. The Balaban J connectivity index is 2.17. The van der Waals surface area contributed by atoms with Gasteiger partial charge < -0.3 is 19.4 Å². The van der Waals surface area contributed by atoms with Gasteiger partial charge in [-0.2, -0.15) is 0 Å². The van der Waals surface area contributed by atoms with Gasteiger partial charge in [0, 0.05) is 12.1 Å². The van der Waals surface area contributed by atoms with Crippen molar-refractivity contribution < 1.29 is 27.6 Å². The van der Waals surface area contributed by atoms with E-state index in [4.69, 9.17) is 14.0 Å². The lowest BCUT2D eigenvalue weighted by atomic mass is 9.77. The van der Waals surface area contributed by atoms with Crippen LogP contribution in [-0.4, -0.2) is 30.0 Å². The summed E-state index contributed by atoms with van der Waals surface area (Å²) in [6.45, 7) is 12.8. The minimum absolute atomic E-state index is 0.0573. The average Bonchev–Trinajstić information content (AvgIpc) is 2.71. The average molecular weight is 383 g/mol. The van der Waals surface area contributed by atoms with E-state index in [2.05, 4.69) is 5.32 Å². The van der Waals surface area contributed by atoms with E-state index in [1.165, 1.54) is 6.07 Å². The van der Waals surface area contributed by atoms with Crippen LogP contribution in [0.2, 0.25) is 0 Å². The van der Waals surface area contributed by atoms with Gasteiger partial charge in [-0.05, 0) is 59.5 Å². The molecule has 0 spiro atoms. The van der Waals surface area contributed by atoms with E-state index < -0.39 is 36.4 Å². The van der Waals surface area contributed by atoms with E-state index in [-0.39, 0.29) is 12.1 Å². The molecule has 0 bridgehead atoms. The number of alkyl halides is 2. The maximum Gasteiger partial charge on any atom is 0.494 e. The van der Waals surface area contributed by atoms with Crippen molar-refractivity contribution in [2.24, 2.45) is 0 Å². The lowest BCUT2D eigenvalue weighted by Crippen LogP contribution is -2.41. The van der Waals surface area contributed by atoms with E-state index in [1.54, 1.807) is 32.9 Å². The van der Waals surface area contributed by atoms with E-state index in [9.17, 15) is 13.6 Å². The number of benzene rings is 1. The number of nitrogens with one attached hydrogen (secondary N) is 1. The zero-order valence-corrected chi connectivity index (χ0v) is 17.0. The summed E-state index contributed by atoms with van der Waals surface area (Å²) in [7, 11) is -0.722. The summed E-state index contributed by atoms with van der Waals surface area (Å²) in [5.41, 5.74) is -1.10. The van der Waals surface area contributed by atoms with Gasteiger partial charge in [0.05, 0.1) is 11.2 Å². The molecule has 0 aliphatic carbocycles. The predicted octanol–water partition coefficient (Wildman–Crippen LogP) is 3.95. The highest BCUT2D eigenvalue weighted by Gasteiger charge is 2.51. The molecule has 1 aliphatic heterocycles. The molecule has 0 atom stereocenters. The second-order valence-corrected chi connectivity index (χ2v) is 8.70. The minimum Gasteiger partial charge on any atom is -0.444 e. The maximum atomic E-state index is 13.6. The molecular formula is C19H28BF2NO4. The molecule has 2 rings (SSSR count). The Kier molecular flexibility index (Phi) is 5.92. The van der Waals surface area contributed by atoms with Gasteiger partial charge in [-0.3, -0.25) is 0 Å². The summed E-state index contributed by atoms with van der Waals surface area (Å²) in [5.74, 6) is 0. The van der Waals surface area contributed by atoms with Crippen molar-refractivity contribution in [3.05, 3.63) is 29.3 Å². The summed E-state index contributed by atoms with van der Waals surface area (Å²) in [6, 6.07) is 4.61. The van der Waals surface area contributed by atoms with Crippen LogP contribution in [-0.2, 0) is 20.6 Å². The zero-order chi connectivity index (χ0) is 20.6. The molecule has 1 aromatic rings. The Morgan fingerprint density at radius 3 is 2.22 bits per heavy atom. The first-order valence-electron chi connectivity index (χ1n) is 8.95. The number of halogens is 2. The highest BCUT2D eigenvalue weighted by Crippen LogP contribution is 2.36. The Morgan fingerprint density at radius 2 is 1.74 bits per heavy atom. The number of rotatable bonds is 4. The van der Waals surface area contributed by atoms with Crippen LogP contribution in [0.1, 0.15) is 66.0 Å². The molecule has 0 aromatic heterocycles. The molecule has 1 heterocycles. The molecule has 0 radical (unpaired) electrons. The van der Waals surface area contributed by atoms with Crippen molar-refractivity contribution in [1.29, 1.82) is 0 Å². The fraction of sp³-hybridized carbons (Fsp3) is 0.632. The number of carbonyl (C=O) groups excluding carboxylic acids is 1. The molecule has 1 aromatic carbocycles. The number of hydrogen-bond donors (Lipinski definition) is 1. The van der Waals surface area contributed by atoms with Crippen LogP contribution in [0, 0.1) is 0 Å². The second-order valence-electron chi connectivity index (χ2n) is 8.70. The summed E-state index contributed by atoms with van der Waals surface area (Å²) >= 11 is 0. The van der Waals surface area contributed by atoms with Crippen LogP contribution in [0.3, 0.4) is 0 Å². The Bertz CT molecular complexity index is 685. The van der Waals surface area contributed by atoms with Crippen LogP contribution in [0.5, 0.6) is 0 Å². The number of hydrogen-bond acceptors (Lipinski definition) is 4. The van der Waals surface area contributed by atoms with E-state index in [0.29, 0.717) is 11.0 Å². The van der Waals surface area contributed by atoms with Crippen LogP contribution < -0.4 is 10.8 Å². The predicted molar refractivity (Wildman–Crippen MR) is 100 cm³/mol. The molecule has 150 valence electrons. The molecule has 27 heavy (non-hydrogen) atoms. The van der Waals surface area contributed by atoms with Crippen LogP contribution >= 0.6 is 0 Å². The summed E-state index contributed by atoms with van der Waals surface area (Å²) in [5, 5.41) is 2.51. The highest BCUT2D eigenvalue weighted by molar-refractivity contribution is 6.62. The lowest BCUT2D eigenvalue weighted by molar-refractivity contribution is 0.00578. The molecule has 1 fully saturated rings. The summed E-state index contributed by atoms with van der Waals surface area (Å²) in [6.07, 6.45) is -3.35. The van der Waals surface area contributed by atoms with Crippen molar-refractivity contribution in [3.63, 3.8) is 0 Å². The van der Waals surface area contributed by atoms with Gasteiger partial charge in [-0.15, -0.1) is 0 Å². The molecule has 5 nitrogen and oxygen atoms in total. The zero-order valence-electron chi connectivity index (χ0n) is 17.0. The summed E-state index contributed by atoms with van der Waals surface area (Å²) < 4.78 is 44.1. The third-order valence-corrected chi connectivity index (χ3v) is 4.75. The highest BCUT2D eigenvalue weighted by atomic mass is 19.3. The van der Waals surface area contributed by atoms with Gasteiger partial charge in [0.2, 0.25) is 0 Å². The van der Waals surface area contributed by atoms with E-state index >= 15 is 0 Å². The number of amides is 1. The molecule has 8 heteroatoms. The van der Waals surface area contributed by atoms with Crippen molar-refractivity contribution in [2.75, 3.05) is 0 Å². The smallest absolute Gasteiger partial charge is 0.444 e. The van der Waals surface area contributed by atoms with Crippen molar-refractivity contribution >= 4 is 18.7 Å². The summed E-state index contributed by atoms with van der Waals surface area (Å²) in [4.78, 5) is 11.8. The van der Waals surface area contributed by atoms with Crippen molar-refractivity contribution in [1.82, 2.24) is 5.32 Å². The van der Waals surface area contributed by atoms with Crippen LogP contribution in [0.25, 0.3) is 0 Å². The SMILES string of the molecule is CC(C)(C)OC(=O)NCc1ccc(B2OC(C)(C)C(C)(C)O2)cc1C(F)F. The minimum atomic E-state index is -2.69. The van der Waals surface area contributed by atoms with Gasteiger partial charge in [0.25, 0.3) is 6.43 Å². The number of ether oxygens (including phenoxy) is 1. The molecular weight excluding hydrogens is 355 g/mol. The molecule has 1 aliphatic rings. The molecule has 1 amide bonds.